The monoisotopic (exact) mass is 338 g/mol. The van der Waals surface area contributed by atoms with Gasteiger partial charge in [0.05, 0.1) is 5.56 Å². The number of nitrogens with one attached hydrogen (secondary N) is 1. The van der Waals surface area contributed by atoms with E-state index in [1.165, 1.54) is 12.3 Å². The van der Waals surface area contributed by atoms with Gasteiger partial charge in [0, 0.05) is 41.1 Å². The number of aryl methyl sites for hydroxylation is 1. The quantitative estimate of drug-likeness (QED) is 0.724. The first-order chi connectivity index (χ1) is 11.6. The molecule has 0 saturated heterocycles. The van der Waals surface area contributed by atoms with Crippen LogP contribution in [0.15, 0.2) is 42.7 Å². The molecule has 3 aromatic rings. The summed E-state index contributed by atoms with van der Waals surface area (Å²) in [6.07, 6.45) is 4.32. The third-order valence-corrected chi connectivity index (χ3v) is 3.92. The van der Waals surface area contributed by atoms with Crippen LogP contribution in [0.25, 0.3) is 10.9 Å². The fourth-order valence-corrected chi connectivity index (χ4v) is 2.81. The Labute approximate surface area is 144 Å². The zero-order valence-electron chi connectivity index (χ0n) is 13.1. The third-order valence-electron chi connectivity index (χ3n) is 3.71. The van der Waals surface area contributed by atoms with Gasteiger partial charge in [-0.05, 0) is 36.8 Å². The summed E-state index contributed by atoms with van der Waals surface area (Å²) in [5.74, 6) is -0.273. The van der Waals surface area contributed by atoms with Crippen LogP contribution in [0.4, 0.5) is 5.69 Å². The number of benzene rings is 1. The maximum atomic E-state index is 12.3. The van der Waals surface area contributed by atoms with Gasteiger partial charge in [-0.15, -0.1) is 0 Å². The van der Waals surface area contributed by atoms with Crippen LogP contribution in [0.1, 0.15) is 29.3 Å². The van der Waals surface area contributed by atoms with E-state index < -0.39 is 0 Å². The van der Waals surface area contributed by atoms with Gasteiger partial charge in [0.15, 0.2) is 0 Å². The van der Waals surface area contributed by atoms with E-state index in [0.29, 0.717) is 16.8 Å². The maximum absolute atomic E-state index is 12.3. The van der Waals surface area contributed by atoms with E-state index in [2.05, 4.69) is 27.9 Å². The van der Waals surface area contributed by atoms with Gasteiger partial charge in [0.1, 0.15) is 11.2 Å². The van der Waals surface area contributed by atoms with Crippen molar-refractivity contribution >= 4 is 34.1 Å². The van der Waals surface area contributed by atoms with E-state index >= 15 is 0 Å². The molecule has 6 heteroatoms. The van der Waals surface area contributed by atoms with Gasteiger partial charge < -0.3 is 9.88 Å². The van der Waals surface area contributed by atoms with E-state index in [9.17, 15) is 10.1 Å². The lowest BCUT2D eigenvalue weighted by molar-refractivity contribution is 0.102. The number of fused-ring (bicyclic) bond motifs is 1. The molecule has 0 spiro atoms. The van der Waals surface area contributed by atoms with Crippen LogP contribution in [0, 0.1) is 11.3 Å². The predicted octanol–water partition coefficient (Wildman–Crippen LogP) is 4.22. The molecule has 0 unspecified atom stereocenters. The molecule has 1 N–H and O–H groups in total. The Morgan fingerprint density at radius 2 is 2.21 bits per heavy atom. The van der Waals surface area contributed by atoms with Crippen molar-refractivity contribution in [3.8, 4) is 6.07 Å². The Hall–Kier alpha value is -2.84. The number of halogens is 1. The second-order valence-electron chi connectivity index (χ2n) is 5.40. The lowest BCUT2D eigenvalue weighted by Crippen LogP contribution is -2.11. The van der Waals surface area contributed by atoms with Gasteiger partial charge >= 0.3 is 0 Å². The molecule has 5 nitrogen and oxygen atoms in total. The zero-order chi connectivity index (χ0) is 17.1. The van der Waals surface area contributed by atoms with Gasteiger partial charge in [-0.1, -0.05) is 18.5 Å². The fraction of sp³-hybridized carbons (Fsp3) is 0.167. The average molecular weight is 339 g/mol. The molecule has 0 saturated carbocycles. The smallest absolute Gasteiger partial charge is 0.255 e. The number of rotatable bonds is 4. The number of nitrogens with zero attached hydrogens (tertiary/aromatic N) is 3. The van der Waals surface area contributed by atoms with Gasteiger partial charge in [-0.25, -0.2) is 4.98 Å². The molecule has 0 fully saturated rings. The van der Waals surface area contributed by atoms with Crippen molar-refractivity contribution in [3.05, 3.63) is 59.0 Å². The summed E-state index contributed by atoms with van der Waals surface area (Å²) < 4.78 is 2.06. The molecule has 120 valence electrons. The largest absolute Gasteiger partial charge is 0.346 e. The van der Waals surface area contributed by atoms with Crippen molar-refractivity contribution in [2.75, 3.05) is 5.32 Å². The second-order valence-corrected chi connectivity index (χ2v) is 5.79. The SMILES string of the molecule is CCCn1cc(C#N)c2cc(NC(=O)c3ccnc(Cl)c3)ccc21. The van der Waals surface area contributed by atoms with Gasteiger partial charge in [-0.3, -0.25) is 4.79 Å². The molecule has 3 rings (SSSR count). The van der Waals surface area contributed by atoms with E-state index in [1.807, 2.05) is 24.4 Å². The van der Waals surface area contributed by atoms with Crippen LogP contribution in [-0.4, -0.2) is 15.5 Å². The Bertz CT molecular complexity index is 955. The molecule has 0 aliphatic rings. The standard InChI is InChI=1S/C18H15ClN4O/c1-2-7-23-11-13(10-20)15-9-14(3-4-16(15)23)22-18(24)12-5-6-21-17(19)8-12/h3-6,8-9,11H,2,7H2,1H3,(H,22,24). The first-order valence-electron chi connectivity index (χ1n) is 7.58. The fourth-order valence-electron chi connectivity index (χ4n) is 2.64. The minimum absolute atomic E-state index is 0.265. The summed E-state index contributed by atoms with van der Waals surface area (Å²) in [7, 11) is 0. The highest BCUT2D eigenvalue weighted by Crippen LogP contribution is 2.25. The van der Waals surface area contributed by atoms with Crippen molar-refractivity contribution in [3.63, 3.8) is 0 Å². The number of hydrogen-bond donors (Lipinski definition) is 1. The van der Waals surface area contributed by atoms with Crippen molar-refractivity contribution < 1.29 is 4.79 Å². The third kappa shape index (κ3) is 3.10. The van der Waals surface area contributed by atoms with Crippen molar-refractivity contribution in [2.45, 2.75) is 19.9 Å². The summed E-state index contributed by atoms with van der Waals surface area (Å²) >= 11 is 5.81. The number of carbonyl (C=O) groups is 1. The lowest BCUT2D eigenvalue weighted by atomic mass is 10.1. The normalized spacial score (nSPS) is 10.5. The highest BCUT2D eigenvalue weighted by molar-refractivity contribution is 6.29. The molecule has 0 radical (unpaired) electrons. The Morgan fingerprint density at radius 3 is 2.92 bits per heavy atom. The molecule has 2 aromatic heterocycles. The number of amides is 1. The number of pyridine rings is 1. The molecule has 0 bridgehead atoms. The zero-order valence-corrected chi connectivity index (χ0v) is 13.8. The highest BCUT2D eigenvalue weighted by atomic mass is 35.5. The van der Waals surface area contributed by atoms with Gasteiger partial charge in [-0.2, -0.15) is 5.26 Å². The first-order valence-corrected chi connectivity index (χ1v) is 7.96. The van der Waals surface area contributed by atoms with E-state index in [4.69, 9.17) is 11.6 Å². The second kappa shape index (κ2) is 6.73. The summed E-state index contributed by atoms with van der Waals surface area (Å²) in [6.45, 7) is 2.94. The highest BCUT2D eigenvalue weighted by Gasteiger charge is 2.11. The number of nitriles is 1. The summed E-state index contributed by atoms with van der Waals surface area (Å²) in [6, 6.07) is 10.9. The Morgan fingerprint density at radius 1 is 1.38 bits per heavy atom. The summed E-state index contributed by atoms with van der Waals surface area (Å²) in [5, 5.41) is 13.2. The summed E-state index contributed by atoms with van der Waals surface area (Å²) in [4.78, 5) is 16.2. The average Bonchev–Trinajstić information content (AvgIpc) is 2.92. The molecular weight excluding hydrogens is 324 g/mol. The number of anilines is 1. The van der Waals surface area contributed by atoms with Crippen LogP contribution in [0.5, 0.6) is 0 Å². The van der Waals surface area contributed by atoms with Gasteiger partial charge in [0.2, 0.25) is 0 Å². The van der Waals surface area contributed by atoms with Crippen molar-refractivity contribution in [1.82, 2.24) is 9.55 Å². The summed E-state index contributed by atoms with van der Waals surface area (Å²) in [5.41, 5.74) is 2.64. The van der Waals surface area contributed by atoms with Crippen molar-refractivity contribution in [1.29, 1.82) is 5.26 Å². The van der Waals surface area contributed by atoms with E-state index in [0.717, 1.165) is 23.9 Å². The maximum Gasteiger partial charge on any atom is 0.255 e. The predicted molar refractivity (Wildman–Crippen MR) is 94.1 cm³/mol. The Balaban J connectivity index is 1.93. The molecule has 1 aromatic carbocycles. The molecule has 0 aliphatic heterocycles. The molecule has 1 amide bonds. The van der Waals surface area contributed by atoms with Crippen LogP contribution in [0.2, 0.25) is 5.15 Å². The number of aromatic nitrogens is 2. The molecule has 0 aliphatic carbocycles. The molecule has 24 heavy (non-hydrogen) atoms. The molecule has 2 heterocycles. The first kappa shape index (κ1) is 16.0. The molecule has 0 atom stereocenters. The number of carbonyl (C=O) groups excluding carboxylic acids is 1. The van der Waals surface area contributed by atoms with Crippen molar-refractivity contribution in [2.24, 2.45) is 0 Å². The van der Waals surface area contributed by atoms with Gasteiger partial charge in [0.25, 0.3) is 5.91 Å². The minimum atomic E-state index is -0.273. The minimum Gasteiger partial charge on any atom is -0.346 e. The van der Waals surface area contributed by atoms with Crippen LogP contribution < -0.4 is 5.32 Å². The number of hydrogen-bond acceptors (Lipinski definition) is 3. The van der Waals surface area contributed by atoms with Crippen LogP contribution in [-0.2, 0) is 6.54 Å². The van der Waals surface area contributed by atoms with Crippen LogP contribution in [0.3, 0.4) is 0 Å². The van der Waals surface area contributed by atoms with E-state index in [1.54, 1.807) is 6.07 Å². The topological polar surface area (TPSA) is 70.7 Å². The molecular formula is C18H15ClN4O. The van der Waals surface area contributed by atoms with Crippen LogP contribution >= 0.6 is 11.6 Å². The van der Waals surface area contributed by atoms with E-state index in [-0.39, 0.29) is 11.1 Å². The Kier molecular flexibility index (Phi) is 4.50. The lowest BCUT2D eigenvalue weighted by Gasteiger charge is -2.07.